The molecule has 0 fully saturated rings. The third kappa shape index (κ3) is 7.32. The number of anilines is 2. The highest BCUT2D eigenvalue weighted by molar-refractivity contribution is 8.00. The van der Waals surface area contributed by atoms with Crippen LogP contribution in [0.1, 0.15) is 26.7 Å². The van der Waals surface area contributed by atoms with Crippen molar-refractivity contribution in [3.63, 3.8) is 0 Å². The summed E-state index contributed by atoms with van der Waals surface area (Å²) in [5.74, 6) is -1.07. The normalized spacial score (nSPS) is 12.0. The Morgan fingerprint density at radius 1 is 0.673 bits per heavy atom. The van der Waals surface area contributed by atoms with Crippen molar-refractivity contribution in [3.05, 3.63) is 168 Å². The van der Waals surface area contributed by atoms with E-state index in [1.165, 1.54) is 11.8 Å². The molecule has 1 atom stereocenters. The maximum absolute atomic E-state index is 13.8. The first-order valence-corrected chi connectivity index (χ1v) is 16.5. The average Bonchev–Trinajstić information content (AvgIpc) is 3.78. The second-order valence-electron chi connectivity index (χ2n) is 11.3. The SMILES string of the molecule is O=C(Nc1cccc(SC(C(=O)Nc2ccc3cc[nH]c3c2)c2ccccc2)c1)/C(=C/c1c[nH]c2ccccc12)NC(=O)c1ccccc1. The zero-order valence-electron chi connectivity index (χ0n) is 26.1. The Morgan fingerprint density at radius 3 is 2.27 bits per heavy atom. The van der Waals surface area contributed by atoms with Crippen molar-refractivity contribution in [3.8, 4) is 0 Å². The van der Waals surface area contributed by atoms with E-state index < -0.39 is 17.1 Å². The largest absolute Gasteiger partial charge is 0.361 e. The Morgan fingerprint density at radius 2 is 1.43 bits per heavy atom. The van der Waals surface area contributed by atoms with Gasteiger partial charge < -0.3 is 25.9 Å². The molecule has 8 nitrogen and oxygen atoms in total. The number of rotatable bonds is 10. The number of carbonyl (C=O) groups excluding carboxylic acids is 3. The Kier molecular flexibility index (Phi) is 9.07. The van der Waals surface area contributed by atoms with Crippen molar-refractivity contribution in [1.29, 1.82) is 0 Å². The molecule has 0 saturated carbocycles. The molecule has 2 aromatic heterocycles. The minimum atomic E-state index is -0.575. The number of nitrogens with one attached hydrogen (secondary N) is 5. The molecule has 49 heavy (non-hydrogen) atoms. The van der Waals surface area contributed by atoms with E-state index in [4.69, 9.17) is 0 Å². The summed E-state index contributed by atoms with van der Waals surface area (Å²) in [7, 11) is 0. The zero-order chi connectivity index (χ0) is 33.6. The first-order chi connectivity index (χ1) is 24.0. The number of thioether (sulfide) groups is 1. The fourth-order valence-electron chi connectivity index (χ4n) is 5.53. The van der Waals surface area contributed by atoms with Gasteiger partial charge in [0.15, 0.2) is 0 Å². The third-order valence-electron chi connectivity index (χ3n) is 7.96. The number of aromatic amines is 2. The van der Waals surface area contributed by atoms with Crippen molar-refractivity contribution in [2.45, 2.75) is 10.1 Å². The Balaban J connectivity index is 1.13. The van der Waals surface area contributed by atoms with Crippen LogP contribution in [0.5, 0.6) is 0 Å². The lowest BCUT2D eigenvalue weighted by molar-refractivity contribution is -0.116. The Bertz CT molecular complexity index is 2310. The second kappa shape index (κ2) is 14.2. The number of hydrogen-bond acceptors (Lipinski definition) is 4. The number of hydrogen-bond donors (Lipinski definition) is 5. The number of aromatic nitrogens is 2. The predicted octanol–water partition coefficient (Wildman–Crippen LogP) is 8.53. The molecular formula is C40H31N5O3S. The highest BCUT2D eigenvalue weighted by atomic mass is 32.2. The van der Waals surface area contributed by atoms with Crippen LogP contribution in [0.4, 0.5) is 11.4 Å². The van der Waals surface area contributed by atoms with Gasteiger partial charge in [0, 0.05) is 56.2 Å². The van der Waals surface area contributed by atoms with Gasteiger partial charge in [-0.25, -0.2) is 0 Å². The summed E-state index contributed by atoms with van der Waals surface area (Å²) in [4.78, 5) is 47.9. The lowest BCUT2D eigenvalue weighted by Gasteiger charge is -2.18. The molecule has 0 radical (unpaired) electrons. The van der Waals surface area contributed by atoms with Gasteiger partial charge in [-0.05, 0) is 71.6 Å². The maximum Gasteiger partial charge on any atom is 0.272 e. The molecule has 0 aliphatic carbocycles. The van der Waals surface area contributed by atoms with E-state index in [-0.39, 0.29) is 11.6 Å². The van der Waals surface area contributed by atoms with Gasteiger partial charge >= 0.3 is 0 Å². The van der Waals surface area contributed by atoms with Gasteiger partial charge in [0.25, 0.3) is 11.8 Å². The molecule has 5 aromatic carbocycles. The molecule has 0 bridgehead atoms. The van der Waals surface area contributed by atoms with Crippen LogP contribution in [-0.4, -0.2) is 27.7 Å². The number of benzene rings is 5. The summed E-state index contributed by atoms with van der Waals surface area (Å²) in [6.07, 6.45) is 5.33. The van der Waals surface area contributed by atoms with Gasteiger partial charge in [0.2, 0.25) is 5.91 Å². The molecule has 7 aromatic rings. The molecule has 1 unspecified atom stereocenters. The van der Waals surface area contributed by atoms with E-state index in [2.05, 4.69) is 25.9 Å². The number of amides is 3. The van der Waals surface area contributed by atoms with Gasteiger partial charge in [0.1, 0.15) is 10.9 Å². The van der Waals surface area contributed by atoms with Crippen LogP contribution in [0.15, 0.2) is 156 Å². The Labute approximate surface area is 286 Å². The summed E-state index contributed by atoms with van der Waals surface area (Å²) >= 11 is 1.38. The van der Waals surface area contributed by atoms with Crippen LogP contribution in [0.25, 0.3) is 27.9 Å². The van der Waals surface area contributed by atoms with E-state index in [0.29, 0.717) is 16.9 Å². The summed E-state index contributed by atoms with van der Waals surface area (Å²) < 4.78 is 0. The van der Waals surface area contributed by atoms with Crippen LogP contribution >= 0.6 is 11.8 Å². The van der Waals surface area contributed by atoms with Gasteiger partial charge in [-0.15, -0.1) is 11.8 Å². The highest BCUT2D eigenvalue weighted by Crippen LogP contribution is 2.37. The minimum Gasteiger partial charge on any atom is -0.361 e. The van der Waals surface area contributed by atoms with Gasteiger partial charge in [-0.1, -0.05) is 78.9 Å². The molecular weight excluding hydrogens is 631 g/mol. The standard InChI is InChI=1S/C40H31N5O3S/c46-38(28-12-5-2-6-13-28)45-36(22-29-25-42-34-17-8-7-16-33(29)34)39(47)43-30-14-9-15-32(23-30)49-37(27-10-3-1-4-11-27)40(48)44-31-19-18-26-20-21-41-35(26)24-31/h1-25,37,41-42H,(H,43,47)(H,44,48)(H,45,46)/b36-22-. The molecule has 240 valence electrons. The summed E-state index contributed by atoms with van der Waals surface area (Å²) in [5.41, 5.74) is 5.15. The zero-order valence-corrected chi connectivity index (χ0v) is 27.0. The molecule has 7 rings (SSSR count). The van der Waals surface area contributed by atoms with Crippen molar-refractivity contribution < 1.29 is 14.4 Å². The van der Waals surface area contributed by atoms with Crippen molar-refractivity contribution in [2.75, 3.05) is 10.6 Å². The lowest BCUT2D eigenvalue weighted by Crippen LogP contribution is -2.30. The first kappa shape index (κ1) is 31.3. The highest BCUT2D eigenvalue weighted by Gasteiger charge is 2.23. The van der Waals surface area contributed by atoms with Crippen LogP contribution in [0.2, 0.25) is 0 Å². The lowest BCUT2D eigenvalue weighted by atomic mass is 10.1. The van der Waals surface area contributed by atoms with Crippen LogP contribution in [-0.2, 0) is 9.59 Å². The van der Waals surface area contributed by atoms with E-state index >= 15 is 0 Å². The predicted molar refractivity (Wildman–Crippen MR) is 197 cm³/mol. The Hall–Kier alpha value is -6.32. The summed E-state index contributed by atoms with van der Waals surface area (Å²) in [6.45, 7) is 0. The van der Waals surface area contributed by atoms with Crippen molar-refractivity contribution in [2.24, 2.45) is 0 Å². The smallest absolute Gasteiger partial charge is 0.272 e. The molecule has 0 saturated heterocycles. The number of para-hydroxylation sites is 1. The first-order valence-electron chi connectivity index (χ1n) is 15.7. The van der Waals surface area contributed by atoms with Crippen molar-refractivity contribution in [1.82, 2.24) is 15.3 Å². The van der Waals surface area contributed by atoms with Crippen LogP contribution in [0.3, 0.4) is 0 Å². The summed E-state index contributed by atoms with van der Waals surface area (Å²) in [6, 6.07) is 41.1. The molecule has 5 N–H and O–H groups in total. The topological polar surface area (TPSA) is 119 Å². The summed E-state index contributed by atoms with van der Waals surface area (Å²) in [5, 5.41) is 10.2. The van der Waals surface area contributed by atoms with Crippen LogP contribution < -0.4 is 16.0 Å². The second-order valence-corrected chi connectivity index (χ2v) is 12.5. The fraction of sp³-hybridized carbons (Fsp3) is 0.0250. The van der Waals surface area contributed by atoms with Gasteiger partial charge in [-0.3, -0.25) is 14.4 Å². The molecule has 0 spiro atoms. The van der Waals surface area contributed by atoms with Gasteiger partial charge in [0.05, 0.1) is 0 Å². The number of fused-ring (bicyclic) bond motifs is 2. The molecule has 9 heteroatoms. The number of carbonyl (C=O) groups is 3. The van der Waals surface area contributed by atoms with E-state index in [9.17, 15) is 14.4 Å². The quantitative estimate of drug-likeness (QED) is 0.0746. The molecule has 0 aliphatic heterocycles. The fourth-order valence-corrected chi connectivity index (χ4v) is 6.61. The molecule has 3 amide bonds. The molecule has 2 heterocycles. The molecule has 0 aliphatic rings. The number of H-pyrrole nitrogens is 2. The minimum absolute atomic E-state index is 0.0808. The third-order valence-corrected chi connectivity index (χ3v) is 9.21. The van der Waals surface area contributed by atoms with E-state index in [0.717, 1.165) is 37.8 Å². The maximum atomic E-state index is 13.8. The van der Waals surface area contributed by atoms with E-state index in [1.807, 2.05) is 109 Å². The van der Waals surface area contributed by atoms with E-state index in [1.54, 1.807) is 42.6 Å². The monoisotopic (exact) mass is 661 g/mol. The average molecular weight is 662 g/mol. The van der Waals surface area contributed by atoms with Crippen LogP contribution in [0, 0.1) is 0 Å². The van der Waals surface area contributed by atoms with Gasteiger partial charge in [-0.2, -0.15) is 0 Å². The van der Waals surface area contributed by atoms with Crippen molar-refractivity contribution >= 4 is 68.7 Å².